The topological polar surface area (TPSA) is 75.2 Å². The molecule has 0 fully saturated rings. The molecule has 0 radical (unpaired) electrons. The van der Waals surface area contributed by atoms with Gasteiger partial charge in [0.15, 0.2) is 5.43 Å². The van der Waals surface area contributed by atoms with Gasteiger partial charge in [-0.1, -0.05) is 0 Å². The molecule has 0 spiro atoms. The number of nitriles is 1. The third-order valence-electron chi connectivity index (χ3n) is 3.98. The number of hydrogen-bond acceptors (Lipinski definition) is 4. The molecule has 2 atom stereocenters. The predicted molar refractivity (Wildman–Crippen MR) is 80.7 cm³/mol. The molecule has 0 saturated carbocycles. The summed E-state index contributed by atoms with van der Waals surface area (Å²) in [6.07, 6.45) is 2.46. The monoisotopic (exact) mass is 296 g/mol. The van der Waals surface area contributed by atoms with Crippen molar-refractivity contribution in [2.45, 2.75) is 31.6 Å². The van der Waals surface area contributed by atoms with Crippen LogP contribution in [-0.4, -0.2) is 21.4 Å². The molecule has 112 valence electrons. The number of fused-ring (bicyclic) bond motifs is 1. The Morgan fingerprint density at radius 1 is 1.27 bits per heavy atom. The Morgan fingerprint density at radius 3 is 2.59 bits per heavy atom. The highest BCUT2D eigenvalue weighted by molar-refractivity contribution is 5.46. The number of ether oxygens (including phenoxy) is 1. The first-order valence-corrected chi connectivity index (χ1v) is 7.01. The zero-order valence-electron chi connectivity index (χ0n) is 12.4. The highest BCUT2D eigenvalue weighted by Crippen LogP contribution is 2.42. The molecule has 1 unspecified atom stereocenters. The van der Waals surface area contributed by atoms with Crippen molar-refractivity contribution < 1.29 is 9.84 Å². The van der Waals surface area contributed by atoms with Gasteiger partial charge < -0.3 is 14.4 Å². The van der Waals surface area contributed by atoms with E-state index in [0.717, 1.165) is 5.56 Å². The Morgan fingerprint density at radius 2 is 1.95 bits per heavy atom. The lowest BCUT2D eigenvalue weighted by molar-refractivity contribution is -0.0637. The van der Waals surface area contributed by atoms with E-state index in [4.69, 9.17) is 10.00 Å². The number of aromatic nitrogens is 1. The summed E-state index contributed by atoms with van der Waals surface area (Å²) in [5.41, 5.74) is 0.354. The largest absolute Gasteiger partial charge is 0.485 e. The lowest BCUT2D eigenvalue weighted by Gasteiger charge is -2.43. The third kappa shape index (κ3) is 2.28. The second-order valence-electron chi connectivity index (χ2n) is 5.94. The number of hydrogen-bond donors (Lipinski definition) is 1. The standard InChI is InChI=1S/C17H16N2O3/c1-17(2)16(21)15(19-7-5-12(20)6-8-19)13-9-11(10-18)3-4-14(13)22-17/h3-9,15-16,21H,1-2H3/t15?,16-/m0/s1. The molecule has 0 saturated heterocycles. The van der Waals surface area contributed by atoms with E-state index >= 15 is 0 Å². The second kappa shape index (κ2) is 5.00. The van der Waals surface area contributed by atoms with Gasteiger partial charge in [0.2, 0.25) is 0 Å². The number of pyridine rings is 1. The van der Waals surface area contributed by atoms with Gasteiger partial charge >= 0.3 is 0 Å². The maximum Gasteiger partial charge on any atom is 0.181 e. The fraction of sp³-hybridized carbons (Fsp3) is 0.294. The van der Waals surface area contributed by atoms with Crippen molar-refractivity contribution in [3.63, 3.8) is 0 Å². The second-order valence-corrected chi connectivity index (χ2v) is 5.94. The first-order valence-electron chi connectivity index (χ1n) is 7.01. The molecule has 1 aliphatic heterocycles. The SMILES string of the molecule is CC1(C)Oc2ccc(C#N)cc2C(n2ccc(=O)cc2)[C@@H]1O. The Labute approximate surface area is 128 Å². The van der Waals surface area contributed by atoms with Crippen molar-refractivity contribution >= 4 is 0 Å². The van der Waals surface area contributed by atoms with Crippen molar-refractivity contribution in [3.8, 4) is 11.8 Å². The molecule has 2 aromatic rings. The molecule has 22 heavy (non-hydrogen) atoms. The molecule has 1 aromatic carbocycles. The van der Waals surface area contributed by atoms with E-state index in [1.807, 2.05) is 13.8 Å². The van der Waals surface area contributed by atoms with Gasteiger partial charge in [-0.25, -0.2) is 0 Å². The zero-order chi connectivity index (χ0) is 15.9. The molecular weight excluding hydrogens is 280 g/mol. The summed E-state index contributed by atoms with van der Waals surface area (Å²) < 4.78 is 7.65. The van der Waals surface area contributed by atoms with E-state index in [1.165, 1.54) is 12.1 Å². The molecule has 5 heteroatoms. The number of aliphatic hydroxyl groups excluding tert-OH is 1. The minimum absolute atomic E-state index is 0.0944. The summed E-state index contributed by atoms with van der Waals surface area (Å²) >= 11 is 0. The number of rotatable bonds is 1. The maximum atomic E-state index is 11.3. The summed E-state index contributed by atoms with van der Waals surface area (Å²) in [5, 5.41) is 19.8. The van der Waals surface area contributed by atoms with Crippen LogP contribution in [0.4, 0.5) is 0 Å². The quantitative estimate of drug-likeness (QED) is 0.871. The van der Waals surface area contributed by atoms with E-state index in [0.29, 0.717) is 11.3 Å². The van der Waals surface area contributed by atoms with Crippen LogP contribution < -0.4 is 10.2 Å². The van der Waals surface area contributed by atoms with Gasteiger partial charge in [-0.05, 0) is 32.0 Å². The third-order valence-corrected chi connectivity index (χ3v) is 3.98. The van der Waals surface area contributed by atoms with Crippen LogP contribution >= 0.6 is 0 Å². The van der Waals surface area contributed by atoms with Crippen LogP contribution in [-0.2, 0) is 0 Å². The molecule has 1 aromatic heterocycles. The van der Waals surface area contributed by atoms with E-state index in [9.17, 15) is 9.90 Å². The number of nitrogens with zero attached hydrogens (tertiary/aromatic N) is 2. The van der Waals surface area contributed by atoms with Gasteiger partial charge in [-0.15, -0.1) is 0 Å². The molecule has 0 amide bonds. The van der Waals surface area contributed by atoms with Crippen LogP contribution in [0.15, 0.2) is 47.5 Å². The first kappa shape index (κ1) is 14.4. The van der Waals surface area contributed by atoms with Gasteiger partial charge in [0.25, 0.3) is 0 Å². The Hall–Kier alpha value is -2.58. The summed E-state index contributed by atoms with van der Waals surface area (Å²) in [6, 6.07) is 9.72. The molecule has 1 aliphatic rings. The highest BCUT2D eigenvalue weighted by Gasteiger charge is 2.43. The summed E-state index contributed by atoms with van der Waals surface area (Å²) in [6.45, 7) is 3.63. The van der Waals surface area contributed by atoms with Crippen LogP contribution in [0.25, 0.3) is 0 Å². The minimum Gasteiger partial charge on any atom is -0.485 e. The van der Waals surface area contributed by atoms with Crippen molar-refractivity contribution in [2.24, 2.45) is 0 Å². The van der Waals surface area contributed by atoms with Gasteiger partial charge in [-0.2, -0.15) is 5.26 Å². The zero-order valence-corrected chi connectivity index (χ0v) is 12.4. The molecule has 1 N–H and O–H groups in total. The lowest BCUT2D eigenvalue weighted by Crippen LogP contribution is -2.50. The van der Waals surface area contributed by atoms with E-state index < -0.39 is 17.7 Å². The summed E-state index contributed by atoms with van der Waals surface area (Å²) in [4.78, 5) is 11.3. The smallest absolute Gasteiger partial charge is 0.181 e. The molecule has 0 aliphatic carbocycles. The molecule has 0 bridgehead atoms. The van der Waals surface area contributed by atoms with Crippen molar-refractivity contribution in [2.75, 3.05) is 0 Å². The normalized spacial score (nSPS) is 22.3. The van der Waals surface area contributed by atoms with Gasteiger partial charge in [0.05, 0.1) is 17.7 Å². The average molecular weight is 296 g/mol. The van der Waals surface area contributed by atoms with Crippen molar-refractivity contribution in [1.82, 2.24) is 4.57 Å². The summed E-state index contributed by atoms with van der Waals surface area (Å²) in [7, 11) is 0. The number of aliphatic hydroxyl groups is 1. The molecular formula is C17H16N2O3. The lowest BCUT2D eigenvalue weighted by atomic mass is 9.85. The van der Waals surface area contributed by atoms with Gasteiger partial charge in [0.1, 0.15) is 17.5 Å². The van der Waals surface area contributed by atoms with Crippen LogP contribution in [0, 0.1) is 11.3 Å². The fourth-order valence-electron chi connectivity index (χ4n) is 2.77. The highest BCUT2D eigenvalue weighted by atomic mass is 16.5. The van der Waals surface area contributed by atoms with Crippen molar-refractivity contribution in [3.05, 3.63) is 64.1 Å². The van der Waals surface area contributed by atoms with E-state index in [-0.39, 0.29) is 5.43 Å². The Balaban J connectivity index is 2.21. The first-order chi connectivity index (χ1) is 10.4. The minimum atomic E-state index is -0.823. The molecule has 2 heterocycles. The Bertz CT molecular complexity index is 797. The van der Waals surface area contributed by atoms with Crippen LogP contribution in [0.2, 0.25) is 0 Å². The van der Waals surface area contributed by atoms with Crippen LogP contribution in [0.5, 0.6) is 5.75 Å². The molecule has 3 rings (SSSR count). The number of benzene rings is 1. The van der Waals surface area contributed by atoms with Crippen LogP contribution in [0.1, 0.15) is 31.0 Å². The fourth-order valence-corrected chi connectivity index (χ4v) is 2.77. The van der Waals surface area contributed by atoms with Gasteiger partial charge in [0, 0.05) is 30.1 Å². The van der Waals surface area contributed by atoms with E-state index in [2.05, 4.69) is 6.07 Å². The Kier molecular flexibility index (Phi) is 3.27. The van der Waals surface area contributed by atoms with Crippen LogP contribution in [0.3, 0.4) is 0 Å². The van der Waals surface area contributed by atoms with E-state index in [1.54, 1.807) is 35.2 Å². The average Bonchev–Trinajstić information content (AvgIpc) is 2.49. The van der Waals surface area contributed by atoms with Gasteiger partial charge in [-0.3, -0.25) is 4.79 Å². The predicted octanol–water partition coefficient (Wildman–Crippen LogP) is 1.84. The molecule has 5 nitrogen and oxygen atoms in total. The van der Waals surface area contributed by atoms with Crippen molar-refractivity contribution in [1.29, 1.82) is 5.26 Å². The summed E-state index contributed by atoms with van der Waals surface area (Å²) in [5.74, 6) is 0.637. The maximum absolute atomic E-state index is 11.3.